The fraction of sp³-hybridized carbons (Fsp3) is 0.118. The Morgan fingerprint density at radius 3 is 2.64 bits per heavy atom. The number of carboxylic acids is 1. The zero-order valence-electron chi connectivity index (χ0n) is 13.0. The lowest BCUT2D eigenvalue weighted by Crippen LogP contribution is -2.37. The molecule has 1 atom stereocenters. The second kappa shape index (κ2) is 7.27. The van der Waals surface area contributed by atoms with Crippen LogP contribution in [0.15, 0.2) is 47.6 Å². The van der Waals surface area contributed by atoms with Crippen molar-refractivity contribution in [2.24, 2.45) is 4.99 Å². The molecule has 7 nitrogen and oxygen atoms in total. The average Bonchev–Trinajstić information content (AvgIpc) is 2.64. The number of carbonyl (C=O) groups excluding carboxylic acids is 1. The van der Waals surface area contributed by atoms with E-state index in [0.29, 0.717) is 11.0 Å². The van der Waals surface area contributed by atoms with Crippen LogP contribution >= 0.6 is 12.6 Å². The molecule has 8 heteroatoms. The van der Waals surface area contributed by atoms with Gasteiger partial charge in [0.25, 0.3) is 5.91 Å². The van der Waals surface area contributed by atoms with Crippen LogP contribution in [0.1, 0.15) is 10.5 Å². The third kappa shape index (κ3) is 3.58. The van der Waals surface area contributed by atoms with E-state index < -0.39 is 17.9 Å². The minimum absolute atomic E-state index is 0.0709. The van der Waals surface area contributed by atoms with Gasteiger partial charge in [0, 0.05) is 22.7 Å². The van der Waals surface area contributed by atoms with Crippen molar-refractivity contribution in [2.75, 3.05) is 5.75 Å². The molecular formula is C17H14N4O3S. The van der Waals surface area contributed by atoms with Crippen LogP contribution in [-0.4, -0.2) is 45.1 Å². The Hall–Kier alpha value is -3.00. The summed E-state index contributed by atoms with van der Waals surface area (Å²) in [7, 11) is 0. The first kappa shape index (κ1) is 16.8. The van der Waals surface area contributed by atoms with Crippen LogP contribution in [0.4, 0.5) is 0 Å². The molecular weight excluding hydrogens is 340 g/mol. The van der Waals surface area contributed by atoms with Crippen molar-refractivity contribution in [3.05, 3.63) is 48.3 Å². The molecule has 1 aromatic carbocycles. The molecule has 0 unspecified atom stereocenters. The van der Waals surface area contributed by atoms with Crippen molar-refractivity contribution in [1.29, 1.82) is 0 Å². The van der Waals surface area contributed by atoms with Gasteiger partial charge in [0.15, 0.2) is 0 Å². The first-order chi connectivity index (χ1) is 12.1. The maximum absolute atomic E-state index is 12.2. The van der Waals surface area contributed by atoms with Crippen LogP contribution in [0.25, 0.3) is 21.8 Å². The fourth-order valence-corrected chi connectivity index (χ4v) is 2.56. The third-order valence-electron chi connectivity index (χ3n) is 3.59. The van der Waals surface area contributed by atoms with E-state index in [9.17, 15) is 9.59 Å². The number of thiol groups is 1. The van der Waals surface area contributed by atoms with E-state index in [4.69, 9.17) is 5.11 Å². The number of pyridine rings is 2. The zero-order chi connectivity index (χ0) is 17.8. The van der Waals surface area contributed by atoms with E-state index in [2.05, 4.69) is 32.9 Å². The van der Waals surface area contributed by atoms with Crippen LogP contribution < -0.4 is 5.32 Å². The lowest BCUT2D eigenvalue weighted by atomic mass is 10.1. The van der Waals surface area contributed by atoms with Crippen molar-refractivity contribution in [1.82, 2.24) is 15.3 Å². The molecule has 2 N–H and O–H groups in total. The summed E-state index contributed by atoms with van der Waals surface area (Å²) in [5.74, 6) is -1.58. The molecule has 126 valence electrons. The highest BCUT2D eigenvalue weighted by atomic mass is 32.1. The van der Waals surface area contributed by atoms with Gasteiger partial charge < -0.3 is 10.4 Å². The smallest absolute Gasteiger partial charge is 0.327 e. The summed E-state index contributed by atoms with van der Waals surface area (Å²) in [5, 5.41) is 13.2. The Bertz CT molecular complexity index is 990. The molecule has 0 aliphatic carbocycles. The lowest BCUT2D eigenvalue weighted by Gasteiger charge is -2.07. The highest BCUT2D eigenvalue weighted by Gasteiger charge is 2.13. The molecule has 0 spiro atoms. The lowest BCUT2D eigenvalue weighted by molar-refractivity contribution is -0.138. The van der Waals surface area contributed by atoms with Crippen LogP contribution in [-0.2, 0) is 4.79 Å². The number of hydrogen-bond acceptors (Lipinski definition) is 5. The van der Waals surface area contributed by atoms with Crippen LogP contribution in [0, 0.1) is 0 Å². The van der Waals surface area contributed by atoms with Gasteiger partial charge >= 0.3 is 5.97 Å². The van der Waals surface area contributed by atoms with E-state index in [1.54, 1.807) is 18.3 Å². The summed E-state index contributed by atoms with van der Waals surface area (Å²) in [6.07, 6.45) is 2.73. The zero-order valence-corrected chi connectivity index (χ0v) is 13.9. The van der Waals surface area contributed by atoms with Gasteiger partial charge in [0.1, 0.15) is 11.7 Å². The number of carbonyl (C=O) groups is 2. The summed E-state index contributed by atoms with van der Waals surface area (Å²) in [5.41, 5.74) is 1.48. The predicted octanol–water partition coefficient (Wildman–Crippen LogP) is 1.92. The Balaban J connectivity index is 1.89. The predicted molar refractivity (Wildman–Crippen MR) is 98.3 cm³/mol. The second-order valence-corrected chi connectivity index (χ2v) is 5.58. The van der Waals surface area contributed by atoms with Crippen molar-refractivity contribution < 1.29 is 14.7 Å². The van der Waals surface area contributed by atoms with E-state index in [1.165, 1.54) is 0 Å². The Kier molecular flexibility index (Phi) is 4.90. The molecule has 0 radical (unpaired) electrons. The van der Waals surface area contributed by atoms with E-state index in [-0.39, 0.29) is 11.4 Å². The average molecular weight is 354 g/mol. The second-order valence-electron chi connectivity index (χ2n) is 5.21. The number of aliphatic carboxylic acids is 1. The highest BCUT2D eigenvalue weighted by Crippen LogP contribution is 2.22. The molecule has 25 heavy (non-hydrogen) atoms. The van der Waals surface area contributed by atoms with Crippen LogP contribution in [0.2, 0.25) is 0 Å². The van der Waals surface area contributed by atoms with E-state index >= 15 is 0 Å². The number of hydrogen-bond donors (Lipinski definition) is 3. The number of nitrogens with one attached hydrogen (secondary N) is 1. The summed E-state index contributed by atoms with van der Waals surface area (Å²) in [4.78, 5) is 35.4. The van der Waals surface area contributed by atoms with Crippen molar-refractivity contribution in [3.63, 3.8) is 0 Å². The maximum Gasteiger partial charge on any atom is 0.327 e. The Morgan fingerprint density at radius 2 is 1.92 bits per heavy atom. The molecule has 3 rings (SSSR count). The first-order valence-corrected chi connectivity index (χ1v) is 8.04. The third-order valence-corrected chi connectivity index (χ3v) is 3.95. The minimum atomic E-state index is -1.07. The quantitative estimate of drug-likeness (QED) is 0.280. The highest BCUT2D eigenvalue weighted by molar-refractivity contribution is 7.80. The van der Waals surface area contributed by atoms with Gasteiger partial charge in [-0.05, 0) is 12.1 Å². The van der Waals surface area contributed by atoms with Crippen molar-refractivity contribution in [3.8, 4) is 0 Å². The monoisotopic (exact) mass is 354 g/mol. The number of amides is 1. The fourth-order valence-electron chi connectivity index (χ4n) is 2.30. The SMILES string of the molecule is O=C(N=CN[C@@H](CS)C(=O)O)c1ccc2ccc3cccnc3c2n1. The summed E-state index contributed by atoms with van der Waals surface area (Å²) in [6.45, 7) is 0. The number of benzene rings is 1. The summed E-state index contributed by atoms with van der Waals surface area (Å²) >= 11 is 3.91. The van der Waals surface area contributed by atoms with Gasteiger partial charge in [-0.2, -0.15) is 17.6 Å². The Labute approximate surface area is 148 Å². The number of aliphatic imine (C=N–C) groups is 1. The standard InChI is InChI=1S/C17H14N4O3S/c22-16(20-9-19-13(8-25)17(23)24)12-6-5-11-4-3-10-2-1-7-18-14(10)15(11)21-12/h1-7,9,13,25H,8H2,(H,23,24)(H,19,20,22)/t13-/m0/s1. The normalized spacial score (nSPS) is 12.5. The molecule has 2 aromatic heterocycles. The van der Waals surface area contributed by atoms with Gasteiger partial charge in [0.2, 0.25) is 0 Å². The van der Waals surface area contributed by atoms with Gasteiger partial charge in [-0.3, -0.25) is 9.78 Å². The number of fused-ring (bicyclic) bond motifs is 3. The number of carboxylic acid groups (broad SMARTS) is 1. The molecule has 0 saturated carbocycles. The molecule has 3 aromatic rings. The minimum Gasteiger partial charge on any atom is -0.480 e. The van der Waals surface area contributed by atoms with E-state index in [1.807, 2.05) is 24.3 Å². The molecule has 1 amide bonds. The molecule has 0 bridgehead atoms. The van der Waals surface area contributed by atoms with Gasteiger partial charge in [0.05, 0.1) is 17.4 Å². The maximum atomic E-state index is 12.2. The number of rotatable bonds is 5. The Morgan fingerprint density at radius 1 is 1.20 bits per heavy atom. The first-order valence-electron chi connectivity index (χ1n) is 7.41. The molecule has 0 aliphatic heterocycles. The summed E-state index contributed by atoms with van der Waals surface area (Å²) in [6, 6.07) is 10.0. The van der Waals surface area contributed by atoms with Gasteiger partial charge in [-0.15, -0.1) is 0 Å². The topological polar surface area (TPSA) is 105 Å². The summed E-state index contributed by atoms with van der Waals surface area (Å²) < 4.78 is 0. The van der Waals surface area contributed by atoms with Crippen molar-refractivity contribution >= 4 is 52.6 Å². The van der Waals surface area contributed by atoms with E-state index in [0.717, 1.165) is 17.1 Å². The number of nitrogens with zero attached hydrogens (tertiary/aromatic N) is 3. The van der Waals surface area contributed by atoms with Gasteiger partial charge in [-0.25, -0.2) is 9.78 Å². The van der Waals surface area contributed by atoms with Crippen molar-refractivity contribution in [2.45, 2.75) is 6.04 Å². The van der Waals surface area contributed by atoms with Crippen LogP contribution in [0.5, 0.6) is 0 Å². The molecule has 0 saturated heterocycles. The van der Waals surface area contributed by atoms with Crippen LogP contribution in [0.3, 0.4) is 0 Å². The largest absolute Gasteiger partial charge is 0.480 e. The number of aromatic nitrogens is 2. The molecule has 2 heterocycles. The molecule has 0 aliphatic rings. The van der Waals surface area contributed by atoms with Gasteiger partial charge in [-0.1, -0.05) is 24.3 Å². The molecule has 0 fully saturated rings.